The zero-order valence-corrected chi connectivity index (χ0v) is 7.08. The molecular formula is C9H13NO2. The monoisotopic (exact) mass is 167 g/mol. The van der Waals surface area contributed by atoms with E-state index in [1.54, 1.807) is 0 Å². The highest BCUT2D eigenvalue weighted by Crippen LogP contribution is 2.11. The molecule has 1 rings (SSSR count). The van der Waals surface area contributed by atoms with Gasteiger partial charge in [-0.3, -0.25) is 14.5 Å². The highest BCUT2D eigenvalue weighted by Gasteiger charge is 2.20. The quantitative estimate of drug-likeness (QED) is 0.548. The van der Waals surface area contributed by atoms with Crippen molar-refractivity contribution < 1.29 is 9.59 Å². The van der Waals surface area contributed by atoms with E-state index in [2.05, 4.69) is 6.58 Å². The molecule has 0 radical (unpaired) electrons. The molecule has 3 nitrogen and oxygen atoms in total. The van der Waals surface area contributed by atoms with Gasteiger partial charge >= 0.3 is 0 Å². The summed E-state index contributed by atoms with van der Waals surface area (Å²) in [6.07, 6.45) is 4.56. The summed E-state index contributed by atoms with van der Waals surface area (Å²) in [5.74, 6) is -0.320. The Morgan fingerprint density at radius 1 is 1.42 bits per heavy atom. The number of hydrogen-bond acceptors (Lipinski definition) is 2. The van der Waals surface area contributed by atoms with E-state index in [4.69, 9.17) is 0 Å². The SMILES string of the molecule is C=CC(=O)N1CCCCCC1=O. The summed E-state index contributed by atoms with van der Waals surface area (Å²) in [5, 5.41) is 0. The Bertz CT molecular complexity index is 211. The number of amides is 2. The average Bonchev–Trinajstić information content (AvgIpc) is 2.28. The summed E-state index contributed by atoms with van der Waals surface area (Å²) in [6.45, 7) is 3.92. The molecule has 12 heavy (non-hydrogen) atoms. The Labute approximate surface area is 72.0 Å². The topological polar surface area (TPSA) is 37.4 Å². The fraction of sp³-hybridized carbons (Fsp3) is 0.556. The lowest BCUT2D eigenvalue weighted by molar-refractivity contribution is -0.141. The Balaban J connectivity index is 2.65. The molecule has 0 unspecified atom stereocenters. The Hall–Kier alpha value is -1.12. The standard InChI is InChI=1S/C9H13NO2/c1-2-8(11)10-7-5-3-4-6-9(10)12/h2H,1,3-7H2. The van der Waals surface area contributed by atoms with Gasteiger partial charge in [-0.2, -0.15) is 0 Å². The van der Waals surface area contributed by atoms with Crippen LogP contribution in [0.2, 0.25) is 0 Å². The molecule has 1 heterocycles. The maximum absolute atomic E-state index is 11.3. The molecule has 1 fully saturated rings. The molecule has 3 heteroatoms. The van der Waals surface area contributed by atoms with Crippen LogP contribution in [-0.4, -0.2) is 23.3 Å². The number of likely N-dealkylation sites (tertiary alicyclic amines) is 1. The predicted octanol–water partition coefficient (Wildman–Crippen LogP) is 1.10. The molecule has 0 aromatic carbocycles. The summed E-state index contributed by atoms with van der Waals surface area (Å²) in [7, 11) is 0. The van der Waals surface area contributed by atoms with Gasteiger partial charge in [0, 0.05) is 13.0 Å². The fourth-order valence-corrected chi connectivity index (χ4v) is 1.33. The molecule has 0 atom stereocenters. The highest BCUT2D eigenvalue weighted by molar-refractivity contribution is 6.00. The van der Waals surface area contributed by atoms with Gasteiger partial charge in [-0.25, -0.2) is 0 Å². The molecular weight excluding hydrogens is 154 g/mol. The predicted molar refractivity (Wildman–Crippen MR) is 45.4 cm³/mol. The van der Waals surface area contributed by atoms with Crippen LogP contribution >= 0.6 is 0 Å². The van der Waals surface area contributed by atoms with E-state index in [-0.39, 0.29) is 11.8 Å². The molecule has 0 bridgehead atoms. The first-order chi connectivity index (χ1) is 5.75. The Kier molecular flexibility index (Phi) is 3.02. The molecule has 0 saturated carbocycles. The normalized spacial score (nSPS) is 18.7. The van der Waals surface area contributed by atoms with E-state index in [9.17, 15) is 9.59 Å². The third-order valence-electron chi connectivity index (χ3n) is 2.01. The molecule has 1 aliphatic rings. The van der Waals surface area contributed by atoms with Crippen molar-refractivity contribution >= 4 is 11.8 Å². The minimum absolute atomic E-state index is 0.0580. The van der Waals surface area contributed by atoms with Crippen LogP contribution < -0.4 is 0 Å². The zero-order valence-electron chi connectivity index (χ0n) is 7.08. The van der Waals surface area contributed by atoms with E-state index < -0.39 is 0 Å². The number of nitrogens with zero attached hydrogens (tertiary/aromatic N) is 1. The van der Waals surface area contributed by atoms with E-state index in [1.807, 2.05) is 0 Å². The minimum Gasteiger partial charge on any atom is -0.279 e. The first-order valence-corrected chi connectivity index (χ1v) is 4.22. The highest BCUT2D eigenvalue weighted by atomic mass is 16.2. The van der Waals surface area contributed by atoms with Crippen molar-refractivity contribution in [1.82, 2.24) is 4.90 Å². The summed E-state index contributed by atoms with van der Waals surface area (Å²) >= 11 is 0. The lowest BCUT2D eigenvalue weighted by Crippen LogP contribution is -2.34. The number of hydrogen-bond donors (Lipinski definition) is 0. The first kappa shape index (κ1) is 8.97. The smallest absolute Gasteiger partial charge is 0.252 e. The molecule has 2 amide bonds. The van der Waals surface area contributed by atoms with E-state index in [0.29, 0.717) is 13.0 Å². The summed E-state index contributed by atoms with van der Waals surface area (Å²) in [4.78, 5) is 23.7. The second-order valence-electron chi connectivity index (χ2n) is 2.90. The number of imide groups is 1. The number of rotatable bonds is 1. The van der Waals surface area contributed by atoms with Gasteiger partial charge in [0.2, 0.25) is 5.91 Å². The van der Waals surface area contributed by atoms with Gasteiger partial charge in [0.1, 0.15) is 0 Å². The lowest BCUT2D eigenvalue weighted by Gasteiger charge is -2.15. The molecule has 0 N–H and O–H groups in total. The van der Waals surface area contributed by atoms with Crippen LogP contribution in [0.5, 0.6) is 0 Å². The zero-order chi connectivity index (χ0) is 8.97. The summed E-state index contributed by atoms with van der Waals surface area (Å²) in [5.41, 5.74) is 0. The van der Waals surface area contributed by atoms with Crippen molar-refractivity contribution in [2.45, 2.75) is 25.7 Å². The average molecular weight is 167 g/mol. The van der Waals surface area contributed by atoms with Crippen molar-refractivity contribution in [3.63, 3.8) is 0 Å². The van der Waals surface area contributed by atoms with Crippen molar-refractivity contribution in [3.8, 4) is 0 Å². The molecule has 0 aliphatic carbocycles. The van der Waals surface area contributed by atoms with E-state index in [1.165, 1.54) is 11.0 Å². The summed E-state index contributed by atoms with van der Waals surface area (Å²) < 4.78 is 0. The van der Waals surface area contributed by atoms with Crippen molar-refractivity contribution in [3.05, 3.63) is 12.7 Å². The van der Waals surface area contributed by atoms with Crippen molar-refractivity contribution in [2.75, 3.05) is 6.54 Å². The molecule has 0 aromatic heterocycles. The van der Waals surface area contributed by atoms with Crippen molar-refractivity contribution in [2.24, 2.45) is 0 Å². The molecule has 0 aromatic rings. The van der Waals surface area contributed by atoms with Gasteiger partial charge in [0.25, 0.3) is 5.91 Å². The van der Waals surface area contributed by atoms with Crippen LogP contribution in [0.25, 0.3) is 0 Å². The second-order valence-corrected chi connectivity index (χ2v) is 2.90. The molecule has 1 aliphatic heterocycles. The number of carbonyl (C=O) groups is 2. The van der Waals surface area contributed by atoms with Crippen LogP contribution in [0.4, 0.5) is 0 Å². The van der Waals surface area contributed by atoms with Crippen molar-refractivity contribution in [1.29, 1.82) is 0 Å². The van der Waals surface area contributed by atoms with Gasteiger partial charge < -0.3 is 0 Å². The van der Waals surface area contributed by atoms with Gasteiger partial charge in [-0.05, 0) is 18.9 Å². The maximum atomic E-state index is 11.3. The number of carbonyl (C=O) groups excluding carboxylic acids is 2. The van der Waals surface area contributed by atoms with Gasteiger partial charge in [0.15, 0.2) is 0 Å². The van der Waals surface area contributed by atoms with Crippen LogP contribution in [0.15, 0.2) is 12.7 Å². The largest absolute Gasteiger partial charge is 0.279 e. The fourth-order valence-electron chi connectivity index (χ4n) is 1.33. The third kappa shape index (κ3) is 1.94. The summed E-state index contributed by atoms with van der Waals surface area (Å²) in [6, 6.07) is 0. The van der Waals surface area contributed by atoms with Gasteiger partial charge in [0.05, 0.1) is 0 Å². The van der Waals surface area contributed by atoms with Gasteiger partial charge in [-0.1, -0.05) is 13.0 Å². The minimum atomic E-state index is -0.262. The van der Waals surface area contributed by atoms with Crippen LogP contribution in [0, 0.1) is 0 Å². The van der Waals surface area contributed by atoms with Gasteiger partial charge in [-0.15, -0.1) is 0 Å². The lowest BCUT2D eigenvalue weighted by atomic mass is 10.2. The van der Waals surface area contributed by atoms with Crippen LogP contribution in [-0.2, 0) is 9.59 Å². The van der Waals surface area contributed by atoms with E-state index >= 15 is 0 Å². The van der Waals surface area contributed by atoms with E-state index in [0.717, 1.165) is 19.3 Å². The Morgan fingerprint density at radius 2 is 2.17 bits per heavy atom. The molecule has 0 spiro atoms. The Morgan fingerprint density at radius 3 is 2.83 bits per heavy atom. The van der Waals surface area contributed by atoms with Crippen LogP contribution in [0.3, 0.4) is 0 Å². The molecule has 66 valence electrons. The first-order valence-electron chi connectivity index (χ1n) is 4.22. The second kappa shape index (κ2) is 4.04. The third-order valence-corrected chi connectivity index (χ3v) is 2.01. The maximum Gasteiger partial charge on any atom is 0.252 e. The molecule has 1 saturated heterocycles. The van der Waals surface area contributed by atoms with Crippen LogP contribution in [0.1, 0.15) is 25.7 Å².